The predicted molar refractivity (Wildman–Crippen MR) is 73.8 cm³/mol. The fourth-order valence-electron chi connectivity index (χ4n) is 2.56. The van der Waals surface area contributed by atoms with Gasteiger partial charge in [-0.1, -0.05) is 18.2 Å². The van der Waals surface area contributed by atoms with Gasteiger partial charge in [-0.15, -0.1) is 0 Å². The van der Waals surface area contributed by atoms with Crippen molar-refractivity contribution in [2.24, 2.45) is 0 Å². The number of nitrogens with one attached hydrogen (secondary N) is 4. The molecule has 0 aliphatic carbocycles. The summed E-state index contributed by atoms with van der Waals surface area (Å²) in [6.07, 6.45) is 0.109. The monoisotopic (exact) mass is 237 g/mol. The van der Waals surface area contributed by atoms with Crippen molar-refractivity contribution in [2.45, 2.75) is 6.17 Å². The summed E-state index contributed by atoms with van der Waals surface area (Å²) in [5.41, 5.74) is 5.81. The van der Waals surface area contributed by atoms with Crippen LogP contribution in [-0.4, -0.2) is 6.67 Å². The summed E-state index contributed by atoms with van der Waals surface area (Å²) in [5.74, 6) is 0. The van der Waals surface area contributed by atoms with E-state index in [1.54, 1.807) is 0 Å². The molecule has 89 valence electrons. The maximum Gasteiger partial charge on any atom is 0.125 e. The standard InChI is InChI=1S/C14H13N4/c1-2-6-11-10(5-1)17-14(18-11)9-4-3-7-12-13(9)16-8-15-12/h1,3-7,14-18H,8H2. The summed E-state index contributed by atoms with van der Waals surface area (Å²) in [6.45, 7) is 0.791. The lowest BCUT2D eigenvalue weighted by atomic mass is 10.1. The third-order valence-electron chi connectivity index (χ3n) is 3.42. The zero-order valence-corrected chi connectivity index (χ0v) is 9.75. The Morgan fingerprint density at radius 1 is 1.00 bits per heavy atom. The molecular formula is C14H13N4. The van der Waals surface area contributed by atoms with Gasteiger partial charge in [0.2, 0.25) is 0 Å². The highest BCUT2D eigenvalue weighted by Crippen LogP contribution is 2.40. The molecule has 4 N–H and O–H groups in total. The number of rotatable bonds is 1. The fourth-order valence-corrected chi connectivity index (χ4v) is 2.56. The normalized spacial score (nSPS) is 16.0. The maximum atomic E-state index is 3.48. The summed E-state index contributed by atoms with van der Waals surface area (Å²) >= 11 is 0. The van der Waals surface area contributed by atoms with Gasteiger partial charge < -0.3 is 21.3 Å². The molecule has 1 atom stereocenters. The quantitative estimate of drug-likeness (QED) is 0.616. The Balaban J connectivity index is 1.73. The van der Waals surface area contributed by atoms with Crippen molar-refractivity contribution in [1.29, 1.82) is 0 Å². The minimum atomic E-state index is 0.109. The smallest absolute Gasteiger partial charge is 0.125 e. The van der Waals surface area contributed by atoms with E-state index in [4.69, 9.17) is 0 Å². The van der Waals surface area contributed by atoms with Crippen LogP contribution in [0.1, 0.15) is 11.7 Å². The van der Waals surface area contributed by atoms with Gasteiger partial charge in [-0.05, 0) is 24.3 Å². The third kappa shape index (κ3) is 1.32. The van der Waals surface area contributed by atoms with Crippen LogP contribution >= 0.6 is 0 Å². The molecule has 0 aromatic heterocycles. The number of hydrogen-bond acceptors (Lipinski definition) is 4. The van der Waals surface area contributed by atoms with Crippen molar-refractivity contribution >= 4 is 22.7 Å². The van der Waals surface area contributed by atoms with E-state index in [9.17, 15) is 0 Å². The van der Waals surface area contributed by atoms with E-state index in [1.165, 1.54) is 16.9 Å². The van der Waals surface area contributed by atoms with E-state index in [0.717, 1.165) is 18.0 Å². The first kappa shape index (κ1) is 9.65. The topological polar surface area (TPSA) is 48.1 Å². The molecule has 2 heterocycles. The molecule has 18 heavy (non-hydrogen) atoms. The molecule has 0 bridgehead atoms. The Morgan fingerprint density at radius 2 is 1.94 bits per heavy atom. The average molecular weight is 237 g/mol. The molecular weight excluding hydrogens is 224 g/mol. The SMILES string of the molecule is [c]1ccc2c(c1)NC(c1cccc3c1NCN3)N2. The van der Waals surface area contributed by atoms with Crippen LogP contribution in [0.25, 0.3) is 0 Å². The molecule has 2 aromatic carbocycles. The summed E-state index contributed by atoms with van der Waals surface area (Å²) in [4.78, 5) is 0. The van der Waals surface area contributed by atoms with Crippen LogP contribution in [0.4, 0.5) is 22.7 Å². The van der Waals surface area contributed by atoms with Crippen molar-refractivity contribution in [1.82, 2.24) is 0 Å². The van der Waals surface area contributed by atoms with Crippen molar-refractivity contribution in [2.75, 3.05) is 27.9 Å². The van der Waals surface area contributed by atoms with E-state index in [-0.39, 0.29) is 6.17 Å². The number of fused-ring (bicyclic) bond motifs is 2. The number of para-hydroxylation sites is 1. The van der Waals surface area contributed by atoms with Gasteiger partial charge in [0.05, 0.1) is 29.4 Å². The molecule has 4 rings (SSSR count). The number of hydrogen-bond donors (Lipinski definition) is 4. The van der Waals surface area contributed by atoms with Gasteiger partial charge in [-0.3, -0.25) is 0 Å². The first-order chi connectivity index (χ1) is 8.92. The lowest BCUT2D eigenvalue weighted by molar-refractivity contribution is 0.944. The minimum absolute atomic E-state index is 0.109. The van der Waals surface area contributed by atoms with Crippen LogP contribution in [0.3, 0.4) is 0 Å². The van der Waals surface area contributed by atoms with Crippen molar-refractivity contribution in [3.63, 3.8) is 0 Å². The molecule has 2 aliphatic rings. The summed E-state index contributed by atoms with van der Waals surface area (Å²) in [6, 6.07) is 15.3. The molecule has 0 saturated carbocycles. The highest BCUT2D eigenvalue weighted by Gasteiger charge is 2.25. The Labute approximate surface area is 105 Å². The van der Waals surface area contributed by atoms with E-state index >= 15 is 0 Å². The van der Waals surface area contributed by atoms with Crippen LogP contribution in [0, 0.1) is 6.07 Å². The van der Waals surface area contributed by atoms with Gasteiger partial charge >= 0.3 is 0 Å². The zero-order chi connectivity index (χ0) is 11.9. The molecule has 0 saturated heterocycles. The highest BCUT2D eigenvalue weighted by atomic mass is 15.2. The lowest BCUT2D eigenvalue weighted by Crippen LogP contribution is -2.13. The van der Waals surface area contributed by atoms with Gasteiger partial charge in [0.1, 0.15) is 6.17 Å². The van der Waals surface area contributed by atoms with Gasteiger partial charge in [-0.25, -0.2) is 0 Å². The van der Waals surface area contributed by atoms with E-state index < -0.39 is 0 Å². The Morgan fingerprint density at radius 3 is 2.89 bits per heavy atom. The minimum Gasteiger partial charge on any atom is -0.366 e. The summed E-state index contributed by atoms with van der Waals surface area (Å²) in [7, 11) is 0. The first-order valence-corrected chi connectivity index (χ1v) is 6.06. The highest BCUT2D eigenvalue weighted by molar-refractivity contribution is 5.81. The van der Waals surface area contributed by atoms with Crippen molar-refractivity contribution in [3.05, 3.63) is 48.0 Å². The van der Waals surface area contributed by atoms with Crippen LogP contribution in [0.2, 0.25) is 0 Å². The van der Waals surface area contributed by atoms with Crippen molar-refractivity contribution < 1.29 is 0 Å². The zero-order valence-electron chi connectivity index (χ0n) is 9.75. The first-order valence-electron chi connectivity index (χ1n) is 6.06. The lowest BCUT2D eigenvalue weighted by Gasteiger charge is -2.16. The molecule has 4 heteroatoms. The molecule has 4 nitrogen and oxygen atoms in total. The van der Waals surface area contributed by atoms with Gasteiger partial charge in [0, 0.05) is 5.56 Å². The second-order valence-corrected chi connectivity index (χ2v) is 4.49. The Kier molecular flexibility index (Phi) is 1.91. The van der Waals surface area contributed by atoms with E-state index in [2.05, 4.69) is 45.5 Å². The Bertz CT molecular complexity index is 583. The third-order valence-corrected chi connectivity index (χ3v) is 3.42. The summed E-state index contributed by atoms with van der Waals surface area (Å²) in [5, 5.41) is 13.6. The second kappa shape index (κ2) is 3.57. The molecule has 0 fully saturated rings. The fraction of sp³-hybridized carbons (Fsp3) is 0.143. The largest absolute Gasteiger partial charge is 0.366 e. The summed E-state index contributed by atoms with van der Waals surface area (Å²) < 4.78 is 0. The van der Waals surface area contributed by atoms with Crippen LogP contribution in [0.15, 0.2) is 36.4 Å². The maximum absolute atomic E-state index is 3.48. The van der Waals surface area contributed by atoms with Crippen LogP contribution in [-0.2, 0) is 0 Å². The van der Waals surface area contributed by atoms with Crippen LogP contribution in [0.5, 0.6) is 0 Å². The molecule has 0 spiro atoms. The molecule has 0 amide bonds. The van der Waals surface area contributed by atoms with Gasteiger partial charge in [0.25, 0.3) is 0 Å². The Hall–Kier alpha value is -2.36. The van der Waals surface area contributed by atoms with E-state index in [0.29, 0.717) is 0 Å². The van der Waals surface area contributed by atoms with Crippen molar-refractivity contribution in [3.8, 4) is 0 Å². The predicted octanol–water partition coefficient (Wildman–Crippen LogP) is 2.82. The van der Waals surface area contributed by atoms with E-state index in [1.807, 2.05) is 18.2 Å². The molecule has 1 radical (unpaired) electrons. The number of benzene rings is 2. The van der Waals surface area contributed by atoms with Crippen LogP contribution < -0.4 is 21.3 Å². The second-order valence-electron chi connectivity index (χ2n) is 4.49. The number of anilines is 4. The average Bonchev–Trinajstić information content (AvgIpc) is 3.04. The van der Waals surface area contributed by atoms with Gasteiger partial charge in [-0.2, -0.15) is 0 Å². The van der Waals surface area contributed by atoms with Gasteiger partial charge in [0.15, 0.2) is 0 Å². The molecule has 1 unspecified atom stereocenters. The molecule has 2 aliphatic heterocycles. The molecule has 2 aromatic rings.